The van der Waals surface area contributed by atoms with Crippen molar-refractivity contribution in [1.29, 1.82) is 0 Å². The number of hydrogen-bond acceptors (Lipinski definition) is 1. The van der Waals surface area contributed by atoms with Gasteiger partial charge in [-0.25, -0.2) is 4.99 Å². The second kappa shape index (κ2) is 7.38. The Bertz CT molecular complexity index is 748. The molecule has 0 aliphatic heterocycles. The van der Waals surface area contributed by atoms with Gasteiger partial charge in [0.2, 0.25) is 0 Å². The summed E-state index contributed by atoms with van der Waals surface area (Å²) < 4.78 is 0. The number of nitrogens with zero attached hydrogens (tertiary/aromatic N) is 2. The summed E-state index contributed by atoms with van der Waals surface area (Å²) in [4.78, 5) is 8.84. The van der Waals surface area contributed by atoms with Gasteiger partial charge in [0.25, 0.3) is 0 Å². The maximum absolute atomic E-state index is 5.79. The average Bonchev–Trinajstić information content (AvgIpc) is 3.64. The standard InChI is InChI=1S/C29H45N3/c1-5-21-9-17(1)13-25(21)30-29(31-26-14-18-2-6-22(26)10-18)32(27-15-19-3-7-23(27)11-19)28-16-20-4-8-24(28)12-20/h17-28H,1-16H2,(H,30,31). The highest BCUT2D eigenvalue weighted by Gasteiger charge is 2.51. The molecule has 0 radical (unpaired) electrons. The highest BCUT2D eigenvalue weighted by Crippen LogP contribution is 2.53. The fraction of sp³-hybridized carbons (Fsp3) is 0.966. The van der Waals surface area contributed by atoms with Crippen LogP contribution in [0, 0.1) is 47.3 Å². The largest absolute Gasteiger partial charge is 0.353 e. The number of hydrogen-bond donors (Lipinski definition) is 1. The molecule has 176 valence electrons. The Hall–Kier alpha value is -0.730. The summed E-state index contributed by atoms with van der Waals surface area (Å²) in [6, 6.07) is 2.98. The molecule has 0 aromatic carbocycles. The minimum absolute atomic E-state index is 0.634. The zero-order valence-corrected chi connectivity index (χ0v) is 20.1. The monoisotopic (exact) mass is 435 g/mol. The van der Waals surface area contributed by atoms with Crippen LogP contribution in [0.3, 0.4) is 0 Å². The van der Waals surface area contributed by atoms with Crippen molar-refractivity contribution in [2.75, 3.05) is 0 Å². The van der Waals surface area contributed by atoms with Crippen molar-refractivity contribution >= 4 is 5.96 Å². The lowest BCUT2D eigenvalue weighted by Gasteiger charge is -2.45. The Morgan fingerprint density at radius 1 is 0.531 bits per heavy atom. The molecule has 0 spiro atoms. The summed E-state index contributed by atoms with van der Waals surface area (Å²) >= 11 is 0. The van der Waals surface area contributed by atoms with E-state index < -0.39 is 0 Å². The van der Waals surface area contributed by atoms with E-state index in [0.717, 1.165) is 65.5 Å². The van der Waals surface area contributed by atoms with Crippen LogP contribution >= 0.6 is 0 Å². The fourth-order valence-electron chi connectivity index (χ4n) is 11.0. The number of aliphatic imine (C=N–C) groups is 1. The summed E-state index contributed by atoms with van der Waals surface area (Å²) in [7, 11) is 0. The van der Waals surface area contributed by atoms with Crippen LogP contribution in [0.4, 0.5) is 0 Å². The van der Waals surface area contributed by atoms with Gasteiger partial charge in [0, 0.05) is 18.1 Å². The molecular formula is C29H45N3. The summed E-state index contributed by atoms with van der Waals surface area (Å²) in [6.07, 6.45) is 23.8. The smallest absolute Gasteiger partial charge is 0.194 e. The number of rotatable bonds is 4. The van der Waals surface area contributed by atoms with Crippen molar-refractivity contribution in [2.24, 2.45) is 52.3 Å². The molecule has 0 aromatic heterocycles. The maximum Gasteiger partial charge on any atom is 0.194 e. The summed E-state index contributed by atoms with van der Waals surface area (Å²) in [5.41, 5.74) is 0. The normalized spacial score (nSPS) is 54.9. The molecule has 0 saturated heterocycles. The van der Waals surface area contributed by atoms with Crippen LogP contribution in [0.2, 0.25) is 0 Å². The quantitative estimate of drug-likeness (QED) is 0.434. The van der Waals surface area contributed by atoms with E-state index in [1.165, 1.54) is 109 Å². The molecule has 1 N–H and O–H groups in total. The SMILES string of the molecule is C1CC2CC1CC2N=C(NC1CC2CCC1C2)N(C1CC2CCC1C2)C1CC2CCC1C2. The molecule has 8 bridgehead atoms. The summed E-state index contributed by atoms with van der Waals surface area (Å²) in [5, 5.41) is 4.28. The van der Waals surface area contributed by atoms with Gasteiger partial charge >= 0.3 is 0 Å². The molecule has 0 amide bonds. The van der Waals surface area contributed by atoms with Crippen molar-refractivity contribution < 1.29 is 0 Å². The van der Waals surface area contributed by atoms with E-state index in [1.54, 1.807) is 0 Å². The number of guanidine groups is 1. The first-order valence-electron chi connectivity index (χ1n) is 14.9. The molecule has 8 rings (SSSR count). The number of fused-ring (bicyclic) bond motifs is 8. The zero-order chi connectivity index (χ0) is 20.8. The van der Waals surface area contributed by atoms with E-state index in [-0.39, 0.29) is 0 Å². The van der Waals surface area contributed by atoms with Crippen LogP contribution in [-0.2, 0) is 0 Å². The van der Waals surface area contributed by atoms with Gasteiger partial charge in [0.15, 0.2) is 5.96 Å². The average molecular weight is 436 g/mol. The molecule has 8 aliphatic rings. The van der Waals surface area contributed by atoms with Gasteiger partial charge in [-0.1, -0.05) is 25.7 Å². The van der Waals surface area contributed by atoms with E-state index in [4.69, 9.17) is 4.99 Å². The van der Waals surface area contributed by atoms with Crippen LogP contribution in [0.5, 0.6) is 0 Å². The molecule has 3 heteroatoms. The molecule has 8 fully saturated rings. The first-order valence-corrected chi connectivity index (χ1v) is 14.9. The van der Waals surface area contributed by atoms with Crippen molar-refractivity contribution in [3.8, 4) is 0 Å². The van der Waals surface area contributed by atoms with Crippen molar-refractivity contribution in [1.82, 2.24) is 10.2 Å². The van der Waals surface area contributed by atoms with Gasteiger partial charge in [-0.3, -0.25) is 0 Å². The lowest BCUT2D eigenvalue weighted by Crippen LogP contribution is -2.58. The predicted octanol–water partition coefficient (Wildman–Crippen LogP) is 5.99. The highest BCUT2D eigenvalue weighted by atomic mass is 15.4. The van der Waals surface area contributed by atoms with E-state index in [2.05, 4.69) is 10.2 Å². The zero-order valence-electron chi connectivity index (χ0n) is 20.1. The molecule has 12 unspecified atom stereocenters. The molecule has 0 aromatic rings. The van der Waals surface area contributed by atoms with Gasteiger partial charge in [0.1, 0.15) is 0 Å². The third-order valence-electron chi connectivity index (χ3n) is 12.4. The van der Waals surface area contributed by atoms with Gasteiger partial charge in [-0.05, 0) is 124 Å². The minimum atomic E-state index is 0.634. The lowest BCUT2D eigenvalue weighted by molar-refractivity contribution is 0.127. The van der Waals surface area contributed by atoms with Crippen molar-refractivity contribution in [3.63, 3.8) is 0 Å². The van der Waals surface area contributed by atoms with Gasteiger partial charge in [-0.2, -0.15) is 0 Å². The first-order chi connectivity index (χ1) is 15.8. The fourth-order valence-corrected chi connectivity index (χ4v) is 11.0. The van der Waals surface area contributed by atoms with Gasteiger partial charge < -0.3 is 10.2 Å². The molecule has 8 saturated carbocycles. The van der Waals surface area contributed by atoms with Crippen LogP contribution in [-0.4, -0.2) is 35.0 Å². The van der Waals surface area contributed by atoms with Crippen LogP contribution < -0.4 is 5.32 Å². The van der Waals surface area contributed by atoms with Crippen molar-refractivity contribution in [2.45, 2.75) is 127 Å². The minimum Gasteiger partial charge on any atom is -0.353 e. The highest BCUT2D eigenvalue weighted by molar-refractivity contribution is 5.81. The summed E-state index contributed by atoms with van der Waals surface area (Å²) in [5.74, 6) is 9.27. The molecule has 0 heterocycles. The second-order valence-corrected chi connectivity index (χ2v) is 14.0. The van der Waals surface area contributed by atoms with Crippen LogP contribution in [0.25, 0.3) is 0 Å². The van der Waals surface area contributed by atoms with Crippen molar-refractivity contribution in [3.05, 3.63) is 0 Å². The van der Waals surface area contributed by atoms with Crippen LogP contribution in [0.15, 0.2) is 4.99 Å². The topological polar surface area (TPSA) is 27.6 Å². The van der Waals surface area contributed by atoms with Gasteiger partial charge in [-0.15, -0.1) is 0 Å². The molecule has 3 nitrogen and oxygen atoms in total. The van der Waals surface area contributed by atoms with E-state index in [1.807, 2.05) is 0 Å². The maximum atomic E-state index is 5.79. The Balaban J connectivity index is 1.15. The van der Waals surface area contributed by atoms with Crippen LogP contribution in [0.1, 0.15) is 103 Å². The van der Waals surface area contributed by atoms with E-state index >= 15 is 0 Å². The third kappa shape index (κ3) is 3.07. The Morgan fingerprint density at radius 3 is 1.50 bits per heavy atom. The predicted molar refractivity (Wildman–Crippen MR) is 129 cm³/mol. The van der Waals surface area contributed by atoms with E-state index in [0.29, 0.717) is 6.04 Å². The Kier molecular flexibility index (Phi) is 4.51. The third-order valence-corrected chi connectivity index (χ3v) is 12.4. The first kappa shape index (κ1) is 19.6. The second-order valence-electron chi connectivity index (χ2n) is 14.0. The molecule has 8 aliphatic carbocycles. The van der Waals surface area contributed by atoms with Gasteiger partial charge in [0.05, 0.1) is 6.04 Å². The lowest BCUT2D eigenvalue weighted by atomic mass is 9.88. The number of nitrogens with one attached hydrogen (secondary N) is 1. The summed E-state index contributed by atoms with van der Waals surface area (Å²) in [6.45, 7) is 0. The Morgan fingerprint density at radius 2 is 1.06 bits per heavy atom. The Labute approximate surface area is 195 Å². The molecule has 12 atom stereocenters. The van der Waals surface area contributed by atoms with E-state index in [9.17, 15) is 0 Å². The molecule has 32 heavy (non-hydrogen) atoms. The molecular weight excluding hydrogens is 390 g/mol.